The first-order chi connectivity index (χ1) is 5.29. The largest absolute Gasteiger partial charge is 0.279 e. The predicted octanol–water partition coefficient (Wildman–Crippen LogP) is 0.952. The van der Waals surface area contributed by atoms with E-state index in [1.165, 1.54) is 0 Å². The minimum Gasteiger partial charge on any atom is -0.279 e. The minimum absolute atomic E-state index is 0.207. The van der Waals surface area contributed by atoms with Crippen molar-refractivity contribution in [3.63, 3.8) is 0 Å². The van der Waals surface area contributed by atoms with Crippen molar-refractivity contribution in [2.45, 2.75) is 6.42 Å². The van der Waals surface area contributed by atoms with Crippen LogP contribution in [0.25, 0.3) is 0 Å². The van der Waals surface area contributed by atoms with E-state index >= 15 is 0 Å². The van der Waals surface area contributed by atoms with Crippen molar-refractivity contribution < 1.29 is 0 Å². The highest BCUT2D eigenvalue weighted by Gasteiger charge is 2.08. The molecule has 0 spiro atoms. The van der Waals surface area contributed by atoms with Crippen LogP contribution in [0.3, 0.4) is 0 Å². The van der Waals surface area contributed by atoms with E-state index in [9.17, 15) is 0 Å². The predicted molar refractivity (Wildman–Crippen MR) is 45.3 cm³/mol. The maximum atomic E-state index is 8.59. The van der Waals surface area contributed by atoms with Crippen LogP contribution in [0.15, 0.2) is 0 Å². The zero-order chi connectivity index (χ0) is 8.27. The summed E-state index contributed by atoms with van der Waals surface area (Å²) in [6.45, 7) is 0. The van der Waals surface area contributed by atoms with Gasteiger partial charge in [0, 0.05) is 0 Å². The van der Waals surface area contributed by atoms with Crippen molar-refractivity contribution in [2.24, 2.45) is 0 Å². The molecule has 5 heteroatoms. The molecule has 0 fully saturated rings. The van der Waals surface area contributed by atoms with Crippen molar-refractivity contribution in [3.8, 4) is 12.1 Å². The van der Waals surface area contributed by atoms with E-state index in [1.54, 1.807) is 0 Å². The van der Waals surface area contributed by atoms with E-state index in [-0.39, 0.29) is 6.42 Å². The van der Waals surface area contributed by atoms with E-state index in [4.69, 9.17) is 10.5 Å². The second-order valence-electron chi connectivity index (χ2n) is 1.81. The van der Waals surface area contributed by atoms with Gasteiger partial charge in [0.1, 0.15) is 15.3 Å². The number of halogens is 1. The average Bonchev–Trinajstić information content (AvgIpc) is 2.33. The molecule has 54 valence electrons. The third kappa shape index (κ3) is 1.49. The average molecular weight is 258 g/mol. The van der Waals surface area contributed by atoms with Gasteiger partial charge in [-0.1, -0.05) is 0 Å². The van der Waals surface area contributed by atoms with Crippen LogP contribution in [0.1, 0.15) is 11.3 Å². The quantitative estimate of drug-likeness (QED) is 0.762. The molecular formula is C6H3IN4. The van der Waals surface area contributed by atoms with Crippen molar-refractivity contribution >= 4 is 22.6 Å². The van der Waals surface area contributed by atoms with Crippen molar-refractivity contribution in [1.82, 2.24) is 10.2 Å². The van der Waals surface area contributed by atoms with Gasteiger partial charge in [0.15, 0.2) is 0 Å². The molecule has 0 radical (unpaired) electrons. The number of aromatic nitrogens is 2. The van der Waals surface area contributed by atoms with E-state index in [1.807, 2.05) is 34.7 Å². The molecule has 0 atom stereocenters. The summed E-state index contributed by atoms with van der Waals surface area (Å²) in [5.41, 5.74) is 1.08. The Morgan fingerprint density at radius 3 is 2.82 bits per heavy atom. The lowest BCUT2D eigenvalue weighted by Crippen LogP contribution is -1.85. The first-order valence-electron chi connectivity index (χ1n) is 2.79. The molecule has 1 aromatic heterocycles. The molecule has 0 bridgehead atoms. The first-order valence-corrected chi connectivity index (χ1v) is 3.87. The standard InChI is InChI=1S/C6H3IN4/c7-6-4(3-9)5(1-2-8)10-11-6/h1H2,(H,10,11). The Morgan fingerprint density at radius 1 is 1.55 bits per heavy atom. The van der Waals surface area contributed by atoms with Crippen LogP contribution in [0.5, 0.6) is 0 Å². The van der Waals surface area contributed by atoms with E-state index in [0.717, 1.165) is 0 Å². The molecule has 1 aromatic rings. The van der Waals surface area contributed by atoms with E-state index in [2.05, 4.69) is 10.2 Å². The highest BCUT2D eigenvalue weighted by atomic mass is 127. The fourth-order valence-corrected chi connectivity index (χ4v) is 1.24. The Labute approximate surface area is 77.0 Å². The molecule has 0 unspecified atom stereocenters. The molecule has 0 aliphatic heterocycles. The lowest BCUT2D eigenvalue weighted by Gasteiger charge is -1.84. The zero-order valence-electron chi connectivity index (χ0n) is 5.43. The first kappa shape index (κ1) is 8.02. The summed E-state index contributed by atoms with van der Waals surface area (Å²) in [5, 5.41) is 23.3. The van der Waals surface area contributed by atoms with Gasteiger partial charge in [-0.05, 0) is 22.6 Å². The molecular weight excluding hydrogens is 255 g/mol. The number of rotatable bonds is 1. The van der Waals surface area contributed by atoms with Gasteiger partial charge in [-0.25, -0.2) is 0 Å². The summed E-state index contributed by atoms with van der Waals surface area (Å²) in [6, 6.07) is 3.92. The monoisotopic (exact) mass is 258 g/mol. The van der Waals surface area contributed by atoms with Gasteiger partial charge in [-0.3, -0.25) is 5.10 Å². The second kappa shape index (κ2) is 3.35. The molecule has 1 N–H and O–H groups in total. The third-order valence-corrected chi connectivity index (χ3v) is 1.95. The van der Waals surface area contributed by atoms with Crippen LogP contribution >= 0.6 is 22.6 Å². The fourth-order valence-electron chi connectivity index (χ4n) is 0.673. The Kier molecular flexibility index (Phi) is 2.44. The normalized spacial score (nSPS) is 8.64. The van der Waals surface area contributed by atoms with Gasteiger partial charge in [0.25, 0.3) is 0 Å². The zero-order valence-corrected chi connectivity index (χ0v) is 7.58. The second-order valence-corrected chi connectivity index (χ2v) is 2.84. The molecule has 1 rings (SSSR count). The van der Waals surface area contributed by atoms with Gasteiger partial charge in [0.05, 0.1) is 18.2 Å². The van der Waals surface area contributed by atoms with Gasteiger partial charge < -0.3 is 0 Å². The van der Waals surface area contributed by atoms with Gasteiger partial charge in [-0.15, -0.1) is 0 Å². The van der Waals surface area contributed by atoms with Crippen LogP contribution in [0, 0.1) is 26.4 Å². The summed E-state index contributed by atoms with van der Waals surface area (Å²) in [6.07, 6.45) is 0.207. The van der Waals surface area contributed by atoms with E-state index < -0.39 is 0 Å². The maximum Gasteiger partial charge on any atom is 0.141 e. The lowest BCUT2D eigenvalue weighted by molar-refractivity contribution is 1.00. The SMILES string of the molecule is N#CCc1[nH]nc(I)c1C#N. The van der Waals surface area contributed by atoms with Crippen molar-refractivity contribution in [2.75, 3.05) is 0 Å². The highest BCUT2D eigenvalue weighted by molar-refractivity contribution is 14.1. The molecule has 4 nitrogen and oxygen atoms in total. The smallest absolute Gasteiger partial charge is 0.141 e. The number of aromatic amines is 1. The van der Waals surface area contributed by atoms with E-state index in [0.29, 0.717) is 15.0 Å². The Hall–Kier alpha value is -1.08. The molecule has 0 aliphatic rings. The number of H-pyrrole nitrogens is 1. The van der Waals surface area contributed by atoms with Crippen LogP contribution in [0.2, 0.25) is 0 Å². The molecule has 0 aliphatic carbocycles. The Balaban J connectivity index is 3.10. The summed E-state index contributed by atoms with van der Waals surface area (Å²) in [5.74, 6) is 0. The number of nitrogens with zero attached hydrogens (tertiary/aromatic N) is 3. The molecule has 0 saturated heterocycles. The summed E-state index contributed by atoms with van der Waals surface area (Å²) in [4.78, 5) is 0. The van der Waals surface area contributed by atoms with Crippen LogP contribution in [-0.4, -0.2) is 10.2 Å². The number of nitrogens with one attached hydrogen (secondary N) is 1. The van der Waals surface area contributed by atoms with Crippen molar-refractivity contribution in [1.29, 1.82) is 10.5 Å². The highest BCUT2D eigenvalue weighted by Crippen LogP contribution is 2.11. The minimum atomic E-state index is 0.207. The lowest BCUT2D eigenvalue weighted by atomic mass is 10.2. The molecule has 0 saturated carbocycles. The molecule has 1 heterocycles. The molecule has 0 aromatic carbocycles. The van der Waals surface area contributed by atoms with Crippen molar-refractivity contribution in [3.05, 3.63) is 15.0 Å². The summed E-state index contributed by atoms with van der Waals surface area (Å²) >= 11 is 1.95. The van der Waals surface area contributed by atoms with Crippen LogP contribution in [0.4, 0.5) is 0 Å². The molecule has 11 heavy (non-hydrogen) atoms. The maximum absolute atomic E-state index is 8.59. The Morgan fingerprint density at radius 2 is 2.27 bits per heavy atom. The van der Waals surface area contributed by atoms with Crippen LogP contribution < -0.4 is 0 Å². The third-order valence-electron chi connectivity index (χ3n) is 1.16. The molecule has 0 amide bonds. The van der Waals surface area contributed by atoms with Crippen LogP contribution in [-0.2, 0) is 6.42 Å². The summed E-state index contributed by atoms with van der Waals surface area (Å²) < 4.78 is 0.621. The number of hydrogen-bond donors (Lipinski definition) is 1. The fraction of sp³-hybridized carbons (Fsp3) is 0.167. The van der Waals surface area contributed by atoms with Gasteiger partial charge in [0.2, 0.25) is 0 Å². The topological polar surface area (TPSA) is 76.3 Å². The van der Waals surface area contributed by atoms with Gasteiger partial charge in [-0.2, -0.15) is 15.6 Å². The summed E-state index contributed by atoms with van der Waals surface area (Å²) in [7, 11) is 0. The van der Waals surface area contributed by atoms with Gasteiger partial charge >= 0.3 is 0 Å². The number of nitriles is 2. The number of hydrogen-bond acceptors (Lipinski definition) is 3. The Bertz CT molecular complexity index is 340.